The molecular formula is C13H22N2O4. The summed E-state index contributed by atoms with van der Waals surface area (Å²) in [6.45, 7) is 4.04. The van der Waals surface area contributed by atoms with E-state index in [1.165, 1.54) is 0 Å². The molecular weight excluding hydrogens is 248 g/mol. The standard InChI is InChI=1S/C13H22N2O4/c1-3-13(19,4-2)9-14-10(16)7-8-15-11(17)5-6-12(15)18/h19H,3-9H2,1-2H3,(H,14,16). The van der Waals surface area contributed by atoms with Gasteiger partial charge in [-0.3, -0.25) is 19.3 Å². The molecule has 0 aliphatic carbocycles. The van der Waals surface area contributed by atoms with Gasteiger partial charge in [0, 0.05) is 32.4 Å². The van der Waals surface area contributed by atoms with Crippen molar-refractivity contribution in [2.24, 2.45) is 0 Å². The minimum absolute atomic E-state index is 0.0843. The lowest BCUT2D eigenvalue weighted by atomic mass is 9.97. The summed E-state index contributed by atoms with van der Waals surface area (Å²) in [7, 11) is 0. The number of amides is 3. The summed E-state index contributed by atoms with van der Waals surface area (Å²) in [6, 6.07) is 0. The zero-order chi connectivity index (χ0) is 14.5. The molecule has 19 heavy (non-hydrogen) atoms. The number of carbonyl (C=O) groups excluding carboxylic acids is 3. The second-order valence-corrected chi connectivity index (χ2v) is 4.90. The average Bonchev–Trinajstić information content (AvgIpc) is 2.73. The van der Waals surface area contributed by atoms with Crippen LogP contribution in [0.25, 0.3) is 0 Å². The van der Waals surface area contributed by atoms with E-state index in [1.807, 2.05) is 13.8 Å². The Balaban J connectivity index is 2.32. The monoisotopic (exact) mass is 270 g/mol. The number of rotatable bonds is 7. The van der Waals surface area contributed by atoms with Crippen molar-refractivity contribution in [1.29, 1.82) is 0 Å². The van der Waals surface area contributed by atoms with E-state index in [9.17, 15) is 19.5 Å². The van der Waals surface area contributed by atoms with Crippen molar-refractivity contribution in [3.63, 3.8) is 0 Å². The molecule has 1 aliphatic rings. The summed E-state index contributed by atoms with van der Waals surface area (Å²) < 4.78 is 0. The van der Waals surface area contributed by atoms with Crippen LogP contribution in [0.4, 0.5) is 0 Å². The van der Waals surface area contributed by atoms with E-state index in [0.29, 0.717) is 12.8 Å². The Bertz CT molecular complexity index is 348. The Morgan fingerprint density at radius 1 is 1.26 bits per heavy atom. The lowest BCUT2D eigenvalue weighted by molar-refractivity contribution is -0.138. The van der Waals surface area contributed by atoms with Crippen molar-refractivity contribution in [3.8, 4) is 0 Å². The summed E-state index contributed by atoms with van der Waals surface area (Å²) in [5.74, 6) is -0.680. The highest BCUT2D eigenvalue weighted by Crippen LogP contribution is 2.13. The number of likely N-dealkylation sites (tertiary alicyclic amines) is 1. The Labute approximate surface area is 113 Å². The van der Waals surface area contributed by atoms with Crippen molar-refractivity contribution in [2.45, 2.75) is 51.6 Å². The Kier molecular flexibility index (Phi) is 5.47. The molecule has 6 nitrogen and oxygen atoms in total. The first-order chi connectivity index (χ1) is 8.91. The molecule has 6 heteroatoms. The number of imide groups is 1. The van der Waals surface area contributed by atoms with Gasteiger partial charge in [-0.15, -0.1) is 0 Å². The van der Waals surface area contributed by atoms with Gasteiger partial charge >= 0.3 is 0 Å². The number of nitrogens with zero attached hydrogens (tertiary/aromatic N) is 1. The Morgan fingerprint density at radius 2 is 1.79 bits per heavy atom. The minimum atomic E-state index is -0.880. The molecule has 0 aromatic rings. The molecule has 1 aliphatic heterocycles. The fourth-order valence-electron chi connectivity index (χ4n) is 1.94. The van der Waals surface area contributed by atoms with Gasteiger partial charge in [0.15, 0.2) is 0 Å². The fraction of sp³-hybridized carbons (Fsp3) is 0.769. The van der Waals surface area contributed by atoms with Crippen LogP contribution in [0.3, 0.4) is 0 Å². The first-order valence-corrected chi connectivity index (χ1v) is 6.74. The van der Waals surface area contributed by atoms with Crippen LogP contribution in [0.1, 0.15) is 46.0 Å². The Hall–Kier alpha value is -1.43. The molecule has 0 aromatic heterocycles. The zero-order valence-corrected chi connectivity index (χ0v) is 11.6. The second kappa shape index (κ2) is 6.65. The van der Waals surface area contributed by atoms with Gasteiger partial charge < -0.3 is 10.4 Å². The summed E-state index contributed by atoms with van der Waals surface area (Å²) in [6.07, 6.45) is 1.69. The van der Waals surface area contributed by atoms with Gasteiger partial charge in [-0.25, -0.2) is 0 Å². The molecule has 1 fully saturated rings. The first kappa shape index (κ1) is 15.6. The molecule has 0 radical (unpaired) electrons. The first-order valence-electron chi connectivity index (χ1n) is 6.74. The van der Waals surface area contributed by atoms with E-state index in [0.717, 1.165) is 4.90 Å². The predicted molar refractivity (Wildman–Crippen MR) is 69.1 cm³/mol. The van der Waals surface area contributed by atoms with Crippen LogP contribution in [0.2, 0.25) is 0 Å². The molecule has 108 valence electrons. The van der Waals surface area contributed by atoms with E-state index in [-0.39, 0.29) is 50.1 Å². The molecule has 0 aromatic carbocycles. The summed E-state index contributed by atoms with van der Waals surface area (Å²) in [5.41, 5.74) is -0.880. The second-order valence-electron chi connectivity index (χ2n) is 4.90. The van der Waals surface area contributed by atoms with Gasteiger partial charge in [0.05, 0.1) is 5.60 Å². The smallest absolute Gasteiger partial charge is 0.229 e. The van der Waals surface area contributed by atoms with Gasteiger partial charge in [0.25, 0.3) is 0 Å². The summed E-state index contributed by atoms with van der Waals surface area (Å²) in [5, 5.41) is 12.6. The molecule has 0 spiro atoms. The van der Waals surface area contributed by atoms with Crippen LogP contribution in [0.5, 0.6) is 0 Å². The van der Waals surface area contributed by atoms with Crippen LogP contribution in [0, 0.1) is 0 Å². The van der Waals surface area contributed by atoms with E-state index < -0.39 is 5.60 Å². The molecule has 1 heterocycles. The minimum Gasteiger partial charge on any atom is -0.388 e. The predicted octanol–water partition coefficient (Wildman–Crippen LogP) is 0.193. The molecule has 0 unspecified atom stereocenters. The highest BCUT2D eigenvalue weighted by atomic mass is 16.3. The van der Waals surface area contributed by atoms with Gasteiger partial charge in [0.1, 0.15) is 0 Å². The zero-order valence-electron chi connectivity index (χ0n) is 11.6. The van der Waals surface area contributed by atoms with Crippen molar-refractivity contribution in [1.82, 2.24) is 10.2 Å². The van der Waals surface area contributed by atoms with Crippen molar-refractivity contribution in [2.75, 3.05) is 13.1 Å². The molecule has 0 saturated carbocycles. The van der Waals surface area contributed by atoms with E-state index in [2.05, 4.69) is 5.32 Å². The van der Waals surface area contributed by atoms with E-state index in [1.54, 1.807) is 0 Å². The highest BCUT2D eigenvalue weighted by Gasteiger charge is 2.29. The van der Waals surface area contributed by atoms with Crippen molar-refractivity contribution < 1.29 is 19.5 Å². The van der Waals surface area contributed by atoms with Gasteiger partial charge in [-0.05, 0) is 12.8 Å². The normalized spacial score (nSPS) is 16.1. The number of nitrogens with one attached hydrogen (secondary N) is 1. The third kappa shape index (κ3) is 4.31. The molecule has 1 saturated heterocycles. The Morgan fingerprint density at radius 3 is 2.26 bits per heavy atom. The largest absolute Gasteiger partial charge is 0.388 e. The molecule has 2 N–H and O–H groups in total. The highest BCUT2D eigenvalue weighted by molar-refractivity contribution is 6.02. The summed E-state index contributed by atoms with van der Waals surface area (Å²) in [4.78, 5) is 35.4. The van der Waals surface area contributed by atoms with E-state index in [4.69, 9.17) is 0 Å². The third-order valence-electron chi connectivity index (χ3n) is 3.65. The molecule has 0 bridgehead atoms. The maximum atomic E-state index is 11.6. The number of aliphatic hydroxyl groups is 1. The lowest BCUT2D eigenvalue weighted by Crippen LogP contribution is -2.43. The number of hydrogen-bond acceptors (Lipinski definition) is 4. The van der Waals surface area contributed by atoms with Crippen molar-refractivity contribution in [3.05, 3.63) is 0 Å². The molecule has 0 atom stereocenters. The third-order valence-corrected chi connectivity index (χ3v) is 3.65. The van der Waals surface area contributed by atoms with Gasteiger partial charge in [-0.2, -0.15) is 0 Å². The molecule has 1 rings (SSSR count). The molecule has 3 amide bonds. The van der Waals surface area contributed by atoms with Crippen LogP contribution in [-0.4, -0.2) is 46.4 Å². The van der Waals surface area contributed by atoms with Crippen LogP contribution in [0.15, 0.2) is 0 Å². The number of hydrogen-bond donors (Lipinski definition) is 2. The maximum absolute atomic E-state index is 11.6. The fourth-order valence-corrected chi connectivity index (χ4v) is 1.94. The van der Waals surface area contributed by atoms with Crippen LogP contribution < -0.4 is 5.32 Å². The number of carbonyl (C=O) groups is 3. The summed E-state index contributed by atoms with van der Waals surface area (Å²) >= 11 is 0. The van der Waals surface area contributed by atoms with Crippen LogP contribution in [-0.2, 0) is 14.4 Å². The maximum Gasteiger partial charge on any atom is 0.229 e. The lowest BCUT2D eigenvalue weighted by Gasteiger charge is -2.25. The van der Waals surface area contributed by atoms with E-state index >= 15 is 0 Å². The SMILES string of the molecule is CCC(O)(CC)CNC(=O)CCN1C(=O)CCC1=O. The van der Waals surface area contributed by atoms with Crippen molar-refractivity contribution >= 4 is 17.7 Å². The average molecular weight is 270 g/mol. The van der Waals surface area contributed by atoms with Gasteiger partial charge in [0.2, 0.25) is 17.7 Å². The topological polar surface area (TPSA) is 86.7 Å². The van der Waals surface area contributed by atoms with Gasteiger partial charge in [-0.1, -0.05) is 13.8 Å². The van der Waals surface area contributed by atoms with Crippen LogP contribution >= 0.6 is 0 Å². The quantitative estimate of drug-likeness (QED) is 0.647.